The number of nitrogen functional groups attached to an aromatic ring is 1. The van der Waals surface area contributed by atoms with Gasteiger partial charge in [0.2, 0.25) is 0 Å². The van der Waals surface area contributed by atoms with E-state index in [1.165, 1.54) is 6.07 Å². The van der Waals surface area contributed by atoms with Gasteiger partial charge in [-0.05, 0) is 56.1 Å². The van der Waals surface area contributed by atoms with Gasteiger partial charge in [0, 0.05) is 11.3 Å². The summed E-state index contributed by atoms with van der Waals surface area (Å²) in [7, 11) is 0. The van der Waals surface area contributed by atoms with E-state index in [1.807, 2.05) is 0 Å². The largest absolute Gasteiger partial charge is 0.486 e. The standard InChI is InChI=1S/C13H9Br2ClFNO/c14-9-4-7(18)5-10(15)13(9)19-6-8-11(16)2-1-3-12(8)17/h1-5H,6,18H2. The fourth-order valence-electron chi connectivity index (χ4n) is 1.53. The van der Waals surface area contributed by atoms with Gasteiger partial charge in [0.05, 0.1) is 14.0 Å². The maximum Gasteiger partial charge on any atom is 0.148 e. The van der Waals surface area contributed by atoms with Crippen LogP contribution in [0.1, 0.15) is 5.56 Å². The van der Waals surface area contributed by atoms with Gasteiger partial charge in [0.15, 0.2) is 0 Å². The molecule has 19 heavy (non-hydrogen) atoms. The zero-order valence-corrected chi connectivity index (χ0v) is 13.5. The zero-order valence-electron chi connectivity index (χ0n) is 9.59. The molecule has 0 aliphatic rings. The van der Waals surface area contributed by atoms with Crippen molar-refractivity contribution >= 4 is 49.1 Å². The molecular weight excluding hydrogens is 400 g/mol. The second-order valence-corrected chi connectivity index (χ2v) is 5.92. The molecule has 0 saturated heterocycles. The number of ether oxygens (including phenoxy) is 1. The van der Waals surface area contributed by atoms with Crippen molar-refractivity contribution in [2.45, 2.75) is 6.61 Å². The first-order valence-electron chi connectivity index (χ1n) is 5.29. The Labute approximate surface area is 132 Å². The number of hydrogen-bond donors (Lipinski definition) is 1. The molecule has 0 saturated carbocycles. The fraction of sp³-hybridized carbons (Fsp3) is 0.0769. The van der Waals surface area contributed by atoms with E-state index in [1.54, 1.807) is 24.3 Å². The molecule has 2 rings (SSSR count). The summed E-state index contributed by atoms with van der Waals surface area (Å²) in [5.74, 6) is 0.156. The summed E-state index contributed by atoms with van der Waals surface area (Å²) in [6.07, 6.45) is 0. The molecule has 0 unspecified atom stereocenters. The predicted octanol–water partition coefficient (Wildman–Crippen LogP) is 5.17. The Morgan fingerprint density at radius 3 is 2.42 bits per heavy atom. The second-order valence-electron chi connectivity index (χ2n) is 3.80. The van der Waals surface area contributed by atoms with Gasteiger partial charge in [-0.1, -0.05) is 17.7 Å². The van der Waals surface area contributed by atoms with Crippen LogP contribution in [0, 0.1) is 5.82 Å². The van der Waals surface area contributed by atoms with E-state index >= 15 is 0 Å². The lowest BCUT2D eigenvalue weighted by Gasteiger charge is -2.12. The van der Waals surface area contributed by atoms with Crippen LogP contribution in [0.4, 0.5) is 10.1 Å². The minimum absolute atomic E-state index is 0.0343. The number of halogens is 4. The van der Waals surface area contributed by atoms with Crippen LogP contribution in [0.2, 0.25) is 5.02 Å². The van der Waals surface area contributed by atoms with E-state index in [4.69, 9.17) is 22.1 Å². The number of anilines is 1. The fourth-order valence-corrected chi connectivity index (χ4v) is 3.20. The van der Waals surface area contributed by atoms with Gasteiger partial charge in [-0.3, -0.25) is 0 Å². The predicted molar refractivity (Wildman–Crippen MR) is 82.0 cm³/mol. The molecule has 0 spiro atoms. The summed E-state index contributed by atoms with van der Waals surface area (Å²) in [4.78, 5) is 0. The lowest BCUT2D eigenvalue weighted by atomic mass is 10.2. The summed E-state index contributed by atoms with van der Waals surface area (Å²) >= 11 is 12.6. The lowest BCUT2D eigenvalue weighted by Crippen LogP contribution is -2.01. The van der Waals surface area contributed by atoms with Crippen LogP contribution in [-0.4, -0.2) is 0 Å². The summed E-state index contributed by atoms with van der Waals surface area (Å²) in [6.45, 7) is 0.0343. The quantitative estimate of drug-likeness (QED) is 0.711. The number of rotatable bonds is 3. The molecule has 2 aromatic carbocycles. The minimum Gasteiger partial charge on any atom is -0.486 e. The van der Waals surface area contributed by atoms with Gasteiger partial charge in [0.1, 0.15) is 18.2 Å². The van der Waals surface area contributed by atoms with Gasteiger partial charge in [0.25, 0.3) is 0 Å². The van der Waals surface area contributed by atoms with Gasteiger partial charge in [-0.2, -0.15) is 0 Å². The van der Waals surface area contributed by atoms with E-state index < -0.39 is 5.82 Å². The molecule has 2 N–H and O–H groups in total. The summed E-state index contributed by atoms with van der Waals surface area (Å²) in [5.41, 5.74) is 6.60. The van der Waals surface area contributed by atoms with Crippen molar-refractivity contribution in [3.05, 3.63) is 55.7 Å². The average Bonchev–Trinajstić information content (AvgIpc) is 2.31. The molecule has 6 heteroatoms. The van der Waals surface area contributed by atoms with Crippen molar-refractivity contribution in [1.29, 1.82) is 0 Å². The van der Waals surface area contributed by atoms with Gasteiger partial charge >= 0.3 is 0 Å². The van der Waals surface area contributed by atoms with Crippen molar-refractivity contribution in [1.82, 2.24) is 0 Å². The first kappa shape index (κ1) is 14.6. The van der Waals surface area contributed by atoms with E-state index in [-0.39, 0.29) is 6.61 Å². The number of nitrogens with two attached hydrogens (primary N) is 1. The highest BCUT2D eigenvalue weighted by Gasteiger charge is 2.12. The maximum absolute atomic E-state index is 13.6. The highest BCUT2D eigenvalue weighted by Crippen LogP contribution is 2.36. The molecule has 2 nitrogen and oxygen atoms in total. The van der Waals surface area contributed by atoms with Gasteiger partial charge < -0.3 is 10.5 Å². The smallest absolute Gasteiger partial charge is 0.148 e. The molecule has 0 fully saturated rings. The molecule has 2 aromatic rings. The van der Waals surface area contributed by atoms with Crippen molar-refractivity contribution < 1.29 is 9.13 Å². The lowest BCUT2D eigenvalue weighted by molar-refractivity contribution is 0.296. The van der Waals surface area contributed by atoms with Crippen molar-refractivity contribution in [2.24, 2.45) is 0 Å². The van der Waals surface area contributed by atoms with Crippen molar-refractivity contribution in [3.63, 3.8) is 0 Å². The number of hydrogen-bond acceptors (Lipinski definition) is 2. The van der Waals surface area contributed by atoms with Crippen molar-refractivity contribution in [3.8, 4) is 5.75 Å². The van der Waals surface area contributed by atoms with Crippen LogP contribution >= 0.6 is 43.5 Å². The third-order valence-corrected chi connectivity index (χ3v) is 3.98. The van der Waals surface area contributed by atoms with Crippen LogP contribution in [0.25, 0.3) is 0 Å². The molecule has 0 aliphatic carbocycles. The van der Waals surface area contributed by atoms with Crippen LogP contribution < -0.4 is 10.5 Å². The van der Waals surface area contributed by atoms with E-state index in [0.717, 1.165) is 0 Å². The van der Waals surface area contributed by atoms with Crippen LogP contribution in [-0.2, 0) is 6.61 Å². The molecule has 100 valence electrons. The van der Waals surface area contributed by atoms with Crippen LogP contribution in [0.15, 0.2) is 39.3 Å². The van der Waals surface area contributed by atoms with Gasteiger partial charge in [-0.25, -0.2) is 4.39 Å². The first-order chi connectivity index (χ1) is 8.99. The topological polar surface area (TPSA) is 35.2 Å². The molecular formula is C13H9Br2ClFNO. The van der Waals surface area contributed by atoms with E-state index in [0.29, 0.717) is 31.0 Å². The molecule has 0 radical (unpaired) electrons. The number of benzene rings is 2. The molecule has 0 aliphatic heterocycles. The normalized spacial score (nSPS) is 10.5. The van der Waals surface area contributed by atoms with Gasteiger partial charge in [-0.15, -0.1) is 0 Å². The second kappa shape index (κ2) is 6.11. The molecule has 0 amide bonds. The Bertz CT molecular complexity index is 578. The Hall–Kier alpha value is -0.780. The van der Waals surface area contributed by atoms with Crippen LogP contribution in [0.3, 0.4) is 0 Å². The Kier molecular flexibility index (Phi) is 4.71. The molecule has 0 aromatic heterocycles. The highest BCUT2D eigenvalue weighted by molar-refractivity contribution is 9.11. The first-order valence-corrected chi connectivity index (χ1v) is 7.25. The zero-order chi connectivity index (χ0) is 14.0. The molecule has 0 heterocycles. The third-order valence-electron chi connectivity index (χ3n) is 2.44. The average molecular weight is 409 g/mol. The van der Waals surface area contributed by atoms with Crippen LogP contribution in [0.5, 0.6) is 5.75 Å². The Morgan fingerprint density at radius 2 is 1.84 bits per heavy atom. The van der Waals surface area contributed by atoms with E-state index in [2.05, 4.69) is 31.9 Å². The maximum atomic E-state index is 13.6. The van der Waals surface area contributed by atoms with Crippen molar-refractivity contribution in [2.75, 3.05) is 5.73 Å². The third kappa shape index (κ3) is 3.41. The summed E-state index contributed by atoms with van der Waals surface area (Å²) < 4.78 is 20.6. The minimum atomic E-state index is -0.393. The highest BCUT2D eigenvalue weighted by atomic mass is 79.9. The summed E-state index contributed by atoms with van der Waals surface area (Å²) in [5, 5.41) is 0.336. The summed E-state index contributed by atoms with van der Waals surface area (Å²) in [6, 6.07) is 7.94. The monoisotopic (exact) mass is 407 g/mol. The SMILES string of the molecule is Nc1cc(Br)c(OCc2c(F)cccc2Cl)c(Br)c1. The molecule has 0 bridgehead atoms. The Balaban J connectivity index is 2.24. The Morgan fingerprint density at radius 1 is 1.21 bits per heavy atom. The van der Waals surface area contributed by atoms with E-state index in [9.17, 15) is 4.39 Å². The molecule has 0 atom stereocenters.